The predicted octanol–water partition coefficient (Wildman–Crippen LogP) is 5.04. The van der Waals surface area contributed by atoms with Crippen LogP contribution in [0.1, 0.15) is 31.2 Å². The van der Waals surface area contributed by atoms with Crippen LogP contribution in [-0.4, -0.2) is 11.7 Å². The summed E-state index contributed by atoms with van der Waals surface area (Å²) in [6, 6.07) is 18.9. The van der Waals surface area contributed by atoms with E-state index in [1.54, 1.807) is 6.08 Å². The quantitative estimate of drug-likeness (QED) is 0.561. The Morgan fingerprint density at radius 3 is 2.26 bits per heavy atom. The molecule has 0 saturated heterocycles. The van der Waals surface area contributed by atoms with E-state index < -0.39 is 0 Å². The number of aliphatic hydroxyl groups excluding tert-OH is 1. The van der Waals surface area contributed by atoms with Crippen molar-refractivity contribution >= 4 is 0 Å². The van der Waals surface area contributed by atoms with Crippen molar-refractivity contribution in [1.82, 2.24) is 0 Å². The SMILES string of the molecule is C#CC(c1ccc(-c2ccccc2)cc1)C(/C=C/CO)CCC. The summed E-state index contributed by atoms with van der Waals surface area (Å²) in [5, 5.41) is 9.03. The second-order valence-corrected chi connectivity index (χ2v) is 5.70. The molecule has 0 aromatic heterocycles. The standard InChI is InChI=1S/C22H24O/c1-3-9-20(12-8-17-23)22(4-2)21-15-13-19(14-16-21)18-10-6-5-7-11-18/h2,5-8,10-16,20,22-23H,3,9,17H2,1H3/b12-8+. The van der Waals surface area contributed by atoms with Crippen LogP contribution in [-0.2, 0) is 0 Å². The van der Waals surface area contributed by atoms with Gasteiger partial charge in [0.1, 0.15) is 0 Å². The zero-order valence-corrected chi connectivity index (χ0v) is 13.7. The Bertz CT molecular complexity index is 647. The highest BCUT2D eigenvalue weighted by Crippen LogP contribution is 2.30. The van der Waals surface area contributed by atoms with Gasteiger partial charge in [0.15, 0.2) is 0 Å². The van der Waals surface area contributed by atoms with Gasteiger partial charge in [0.25, 0.3) is 0 Å². The maximum atomic E-state index is 9.03. The Morgan fingerprint density at radius 2 is 1.70 bits per heavy atom. The predicted molar refractivity (Wildman–Crippen MR) is 98.1 cm³/mol. The minimum Gasteiger partial charge on any atom is -0.392 e. The van der Waals surface area contributed by atoms with Gasteiger partial charge in [-0.25, -0.2) is 0 Å². The molecule has 0 aliphatic carbocycles. The lowest BCUT2D eigenvalue weighted by Crippen LogP contribution is -2.09. The maximum Gasteiger partial charge on any atom is 0.0612 e. The van der Waals surface area contributed by atoms with Gasteiger partial charge in [0, 0.05) is 0 Å². The summed E-state index contributed by atoms with van der Waals surface area (Å²) >= 11 is 0. The fourth-order valence-corrected chi connectivity index (χ4v) is 2.92. The van der Waals surface area contributed by atoms with Gasteiger partial charge in [-0.2, -0.15) is 0 Å². The fourth-order valence-electron chi connectivity index (χ4n) is 2.92. The van der Waals surface area contributed by atoms with E-state index in [0.29, 0.717) is 0 Å². The molecule has 2 aromatic carbocycles. The molecule has 0 heterocycles. The van der Waals surface area contributed by atoms with E-state index in [4.69, 9.17) is 11.5 Å². The molecule has 0 bridgehead atoms. The molecule has 2 atom stereocenters. The average molecular weight is 304 g/mol. The molecule has 118 valence electrons. The van der Waals surface area contributed by atoms with Crippen molar-refractivity contribution in [3.63, 3.8) is 0 Å². The molecule has 2 rings (SSSR count). The van der Waals surface area contributed by atoms with Crippen molar-refractivity contribution in [3.8, 4) is 23.5 Å². The highest BCUT2D eigenvalue weighted by Gasteiger charge is 2.18. The normalized spacial score (nSPS) is 13.6. The molecule has 2 aromatic rings. The molecular formula is C22H24O. The lowest BCUT2D eigenvalue weighted by molar-refractivity contribution is 0.341. The van der Waals surface area contributed by atoms with Gasteiger partial charge in [-0.15, -0.1) is 6.42 Å². The Labute approximate surface area is 139 Å². The van der Waals surface area contributed by atoms with Crippen LogP contribution < -0.4 is 0 Å². The van der Waals surface area contributed by atoms with Crippen LogP contribution in [0.2, 0.25) is 0 Å². The van der Waals surface area contributed by atoms with Crippen molar-refractivity contribution < 1.29 is 5.11 Å². The number of hydrogen-bond donors (Lipinski definition) is 1. The van der Waals surface area contributed by atoms with E-state index in [2.05, 4.69) is 55.3 Å². The first-order valence-corrected chi connectivity index (χ1v) is 8.19. The first-order valence-electron chi connectivity index (χ1n) is 8.19. The van der Waals surface area contributed by atoms with Crippen molar-refractivity contribution in [2.75, 3.05) is 6.61 Å². The van der Waals surface area contributed by atoms with Crippen LogP contribution >= 0.6 is 0 Å². The second kappa shape index (κ2) is 8.98. The summed E-state index contributed by atoms with van der Waals surface area (Å²) in [5.74, 6) is 3.25. The number of benzene rings is 2. The van der Waals surface area contributed by atoms with Crippen LogP contribution in [0.4, 0.5) is 0 Å². The minimum atomic E-state index is 0.0440. The van der Waals surface area contributed by atoms with Gasteiger partial charge in [-0.1, -0.05) is 86.0 Å². The maximum absolute atomic E-state index is 9.03. The summed E-state index contributed by atoms with van der Waals surface area (Å²) in [5.41, 5.74) is 3.57. The van der Waals surface area contributed by atoms with Gasteiger partial charge in [0.05, 0.1) is 12.5 Å². The zero-order valence-electron chi connectivity index (χ0n) is 13.7. The van der Waals surface area contributed by atoms with Crippen LogP contribution in [0.5, 0.6) is 0 Å². The Balaban J connectivity index is 2.24. The second-order valence-electron chi connectivity index (χ2n) is 5.70. The lowest BCUT2D eigenvalue weighted by atomic mass is 9.83. The molecule has 1 nitrogen and oxygen atoms in total. The molecule has 0 saturated carbocycles. The van der Waals surface area contributed by atoms with E-state index in [9.17, 15) is 0 Å². The van der Waals surface area contributed by atoms with Gasteiger partial charge in [-0.05, 0) is 29.0 Å². The molecule has 2 unspecified atom stereocenters. The van der Waals surface area contributed by atoms with E-state index in [-0.39, 0.29) is 18.4 Å². The van der Waals surface area contributed by atoms with Crippen LogP contribution in [0.3, 0.4) is 0 Å². The molecule has 0 radical (unpaired) electrons. The number of aliphatic hydroxyl groups is 1. The molecule has 1 heteroatoms. The molecule has 1 N–H and O–H groups in total. The first-order chi connectivity index (χ1) is 11.3. The average Bonchev–Trinajstić information content (AvgIpc) is 2.61. The topological polar surface area (TPSA) is 20.2 Å². The van der Waals surface area contributed by atoms with Gasteiger partial charge in [0.2, 0.25) is 0 Å². The molecular weight excluding hydrogens is 280 g/mol. The number of terminal acetylenes is 1. The Kier molecular flexibility index (Phi) is 6.66. The Hall–Kier alpha value is -2.30. The zero-order chi connectivity index (χ0) is 16.5. The summed E-state index contributed by atoms with van der Waals surface area (Å²) in [6.45, 7) is 2.22. The van der Waals surface area contributed by atoms with Crippen LogP contribution in [0.15, 0.2) is 66.7 Å². The van der Waals surface area contributed by atoms with E-state index >= 15 is 0 Å². The van der Waals surface area contributed by atoms with Crippen molar-refractivity contribution in [3.05, 3.63) is 72.3 Å². The van der Waals surface area contributed by atoms with Crippen LogP contribution in [0, 0.1) is 18.3 Å². The number of hydrogen-bond acceptors (Lipinski definition) is 1. The first kappa shape index (κ1) is 17.1. The monoisotopic (exact) mass is 304 g/mol. The van der Waals surface area contributed by atoms with Crippen molar-refractivity contribution in [2.45, 2.75) is 25.7 Å². The van der Waals surface area contributed by atoms with E-state index in [1.807, 2.05) is 18.2 Å². The van der Waals surface area contributed by atoms with Gasteiger partial charge in [-0.3, -0.25) is 0 Å². The summed E-state index contributed by atoms with van der Waals surface area (Å²) in [7, 11) is 0. The third kappa shape index (κ3) is 4.58. The minimum absolute atomic E-state index is 0.0440. The highest BCUT2D eigenvalue weighted by molar-refractivity contribution is 5.63. The summed E-state index contributed by atoms with van der Waals surface area (Å²) < 4.78 is 0. The van der Waals surface area contributed by atoms with Gasteiger partial charge < -0.3 is 5.11 Å². The third-order valence-corrected chi connectivity index (χ3v) is 4.10. The van der Waals surface area contributed by atoms with Crippen molar-refractivity contribution in [1.29, 1.82) is 0 Å². The number of rotatable bonds is 7. The molecule has 0 amide bonds. The highest BCUT2D eigenvalue weighted by atomic mass is 16.2. The van der Waals surface area contributed by atoms with E-state index in [0.717, 1.165) is 18.4 Å². The Morgan fingerprint density at radius 1 is 1.04 bits per heavy atom. The lowest BCUT2D eigenvalue weighted by Gasteiger charge is -2.20. The molecule has 23 heavy (non-hydrogen) atoms. The third-order valence-electron chi connectivity index (χ3n) is 4.10. The molecule has 0 aliphatic rings. The fraction of sp³-hybridized carbons (Fsp3) is 0.273. The number of allylic oxidation sites excluding steroid dienone is 1. The van der Waals surface area contributed by atoms with Gasteiger partial charge >= 0.3 is 0 Å². The van der Waals surface area contributed by atoms with Crippen LogP contribution in [0.25, 0.3) is 11.1 Å². The molecule has 0 spiro atoms. The summed E-state index contributed by atoms with van der Waals surface area (Å²) in [4.78, 5) is 0. The smallest absolute Gasteiger partial charge is 0.0612 e. The molecule has 0 fully saturated rings. The molecule has 0 aliphatic heterocycles. The van der Waals surface area contributed by atoms with E-state index in [1.165, 1.54) is 11.1 Å². The van der Waals surface area contributed by atoms with Crippen molar-refractivity contribution in [2.24, 2.45) is 5.92 Å². The summed E-state index contributed by atoms with van der Waals surface area (Å²) in [6.07, 6.45) is 11.7. The largest absolute Gasteiger partial charge is 0.392 e.